The van der Waals surface area contributed by atoms with E-state index in [1.807, 2.05) is 39.0 Å². The number of aryl methyl sites for hydroxylation is 1. The predicted molar refractivity (Wildman–Crippen MR) is 142 cm³/mol. The van der Waals surface area contributed by atoms with Crippen molar-refractivity contribution in [3.63, 3.8) is 0 Å². The van der Waals surface area contributed by atoms with Crippen LogP contribution in [0.3, 0.4) is 0 Å². The smallest absolute Gasteiger partial charge is 0.278 e. The first-order valence-electron chi connectivity index (χ1n) is 13.8. The summed E-state index contributed by atoms with van der Waals surface area (Å²) in [5.74, 6) is -5.45. The van der Waals surface area contributed by atoms with Gasteiger partial charge in [-0.1, -0.05) is 19.1 Å². The van der Waals surface area contributed by atoms with Crippen LogP contribution in [0, 0.1) is 11.2 Å². The molecule has 0 aromatic heterocycles. The molecule has 3 atom stereocenters. The van der Waals surface area contributed by atoms with Gasteiger partial charge in [-0.2, -0.15) is 0 Å². The molecular weight excluding hydrogens is 521 g/mol. The van der Waals surface area contributed by atoms with Crippen molar-refractivity contribution in [3.8, 4) is 5.75 Å². The molecule has 5 aliphatic rings. The Labute approximate surface area is 231 Å². The fourth-order valence-corrected chi connectivity index (χ4v) is 6.88. The number of halogens is 3. The Hall–Kier alpha value is -3.56. The molecule has 4 heterocycles. The topological polar surface area (TPSA) is 94.5 Å². The third-order valence-corrected chi connectivity index (χ3v) is 8.89. The highest BCUT2D eigenvalue weighted by molar-refractivity contribution is 6.00. The van der Waals surface area contributed by atoms with E-state index >= 15 is 13.2 Å². The van der Waals surface area contributed by atoms with E-state index in [9.17, 15) is 9.59 Å². The number of guanidine groups is 1. The van der Waals surface area contributed by atoms with Gasteiger partial charge in [0.15, 0.2) is 5.96 Å². The number of ether oxygens (including phenoxy) is 1. The normalized spacial score (nSPS) is 28.4. The van der Waals surface area contributed by atoms with Crippen molar-refractivity contribution in [1.29, 1.82) is 5.41 Å². The Morgan fingerprint density at radius 2 is 1.90 bits per heavy atom. The Morgan fingerprint density at radius 3 is 2.62 bits per heavy atom. The molecule has 7 nitrogen and oxygen atoms in total. The first-order valence-corrected chi connectivity index (χ1v) is 13.8. The molecule has 0 radical (unpaired) electrons. The number of hydrogen-bond acceptors (Lipinski definition) is 4. The zero-order chi connectivity index (χ0) is 28.6. The van der Waals surface area contributed by atoms with Crippen LogP contribution in [-0.2, 0) is 17.1 Å². The minimum atomic E-state index is -3.56. The minimum absolute atomic E-state index is 0.0289. The number of hydrogen-bond donors (Lipinski definition) is 3. The number of alkyl halides is 2. The molecule has 1 aliphatic carbocycles. The summed E-state index contributed by atoms with van der Waals surface area (Å²) in [6, 6.07) is 6.28. The van der Waals surface area contributed by atoms with Crippen LogP contribution in [0.4, 0.5) is 13.2 Å². The molecule has 212 valence electrons. The summed E-state index contributed by atoms with van der Waals surface area (Å²) in [6.07, 6.45) is 2.23. The zero-order valence-electron chi connectivity index (χ0n) is 22.8. The van der Waals surface area contributed by atoms with Crippen LogP contribution >= 0.6 is 0 Å². The second-order valence-corrected chi connectivity index (χ2v) is 12.2. The van der Waals surface area contributed by atoms with Crippen LogP contribution in [-0.4, -0.2) is 33.8 Å². The lowest BCUT2D eigenvalue weighted by atomic mass is 9.83. The lowest BCUT2D eigenvalue weighted by Crippen LogP contribution is -2.62. The Morgan fingerprint density at radius 1 is 1.12 bits per heavy atom. The average Bonchev–Trinajstić information content (AvgIpc) is 3.13. The van der Waals surface area contributed by atoms with Gasteiger partial charge in [-0.25, -0.2) is 13.2 Å². The molecule has 2 aromatic carbocycles. The summed E-state index contributed by atoms with van der Waals surface area (Å²) in [5, 5.41) is 14.8. The summed E-state index contributed by atoms with van der Waals surface area (Å²) < 4.78 is 51.9. The SMILES string of the molecule is CC[C@]12CCCc3ccc4c(c3)[C@H](CC(C)(C)O4)NC(=O)c3cc(F)c4c(c3)C(CC4(F)F)N(C(=N)N1)C(=O)C2. The van der Waals surface area contributed by atoms with E-state index in [-0.39, 0.29) is 23.5 Å². The molecule has 1 saturated heterocycles. The molecule has 6 bridgehead atoms. The van der Waals surface area contributed by atoms with Crippen LogP contribution in [0.5, 0.6) is 5.75 Å². The number of nitrogens with one attached hydrogen (secondary N) is 3. The molecule has 2 aromatic rings. The third kappa shape index (κ3) is 4.32. The summed E-state index contributed by atoms with van der Waals surface area (Å²) in [7, 11) is 0. The van der Waals surface area contributed by atoms with Gasteiger partial charge in [-0.3, -0.25) is 19.9 Å². The number of carbonyl (C=O) groups is 2. The van der Waals surface area contributed by atoms with E-state index in [0.717, 1.165) is 28.5 Å². The Kier molecular flexibility index (Phi) is 5.98. The minimum Gasteiger partial charge on any atom is -0.487 e. The Bertz CT molecular complexity index is 1420. The standard InChI is InChI=1S/C30H33F3N4O3/c1-4-29-9-5-6-16-7-8-23-18(10-16)21(13-28(2,3)40-23)35-26(39)17-11-19-22(37(24(38)15-29)27(34)36-29)14-30(32,33)25(19)20(31)12-17/h7-8,10-12,21-22H,4-6,9,13-15H2,1-3H3,(H2,34,36)(H,35,39)/t21-,22?,29+/m0/s1. The lowest BCUT2D eigenvalue weighted by Gasteiger charge is -2.44. The van der Waals surface area contributed by atoms with Crippen LogP contribution in [0.25, 0.3) is 0 Å². The van der Waals surface area contributed by atoms with Gasteiger partial charge in [0.05, 0.1) is 24.1 Å². The molecular formula is C30H33F3N4O3. The van der Waals surface area contributed by atoms with Gasteiger partial charge in [0, 0.05) is 29.5 Å². The van der Waals surface area contributed by atoms with Crippen molar-refractivity contribution in [2.45, 2.75) is 94.9 Å². The van der Waals surface area contributed by atoms with Crippen molar-refractivity contribution < 1.29 is 27.5 Å². The summed E-state index contributed by atoms with van der Waals surface area (Å²) in [6.45, 7) is 5.79. The van der Waals surface area contributed by atoms with Gasteiger partial charge in [0.1, 0.15) is 17.2 Å². The number of nitrogens with zero attached hydrogens (tertiary/aromatic N) is 1. The first kappa shape index (κ1) is 26.7. The maximum absolute atomic E-state index is 15.3. The lowest BCUT2D eigenvalue weighted by molar-refractivity contribution is -0.133. The quantitative estimate of drug-likeness (QED) is 0.426. The molecule has 0 spiro atoms. The summed E-state index contributed by atoms with van der Waals surface area (Å²) in [5.41, 5.74) is -0.471. The van der Waals surface area contributed by atoms with E-state index in [4.69, 9.17) is 10.1 Å². The second-order valence-electron chi connectivity index (χ2n) is 12.2. The van der Waals surface area contributed by atoms with Crippen LogP contribution < -0.4 is 15.4 Å². The predicted octanol–water partition coefficient (Wildman–Crippen LogP) is 5.64. The number of amides is 2. The summed E-state index contributed by atoms with van der Waals surface area (Å²) >= 11 is 0. The van der Waals surface area contributed by atoms with Crippen molar-refractivity contribution >= 4 is 17.8 Å². The average molecular weight is 555 g/mol. The highest BCUT2D eigenvalue weighted by Gasteiger charge is 2.53. The fourth-order valence-electron chi connectivity index (χ4n) is 6.88. The van der Waals surface area contributed by atoms with Gasteiger partial charge in [-0.15, -0.1) is 0 Å². The van der Waals surface area contributed by atoms with Gasteiger partial charge in [-0.05, 0) is 68.9 Å². The number of carbonyl (C=O) groups excluding carboxylic acids is 2. The monoisotopic (exact) mass is 554 g/mol. The van der Waals surface area contributed by atoms with Gasteiger partial charge < -0.3 is 15.4 Å². The van der Waals surface area contributed by atoms with E-state index in [1.165, 1.54) is 6.07 Å². The van der Waals surface area contributed by atoms with Crippen LogP contribution in [0.1, 0.15) is 104 Å². The molecule has 4 aliphatic heterocycles. The number of fused-ring (bicyclic) bond motifs is 5. The van der Waals surface area contributed by atoms with Crippen LogP contribution in [0.2, 0.25) is 0 Å². The third-order valence-electron chi connectivity index (χ3n) is 8.89. The molecule has 3 N–H and O–H groups in total. The molecule has 0 saturated carbocycles. The Balaban J connectivity index is 1.49. The van der Waals surface area contributed by atoms with Gasteiger partial charge in [0.25, 0.3) is 11.8 Å². The fraction of sp³-hybridized carbons (Fsp3) is 0.500. The highest BCUT2D eigenvalue weighted by Crippen LogP contribution is 2.52. The molecule has 1 fully saturated rings. The maximum Gasteiger partial charge on any atom is 0.278 e. The first-order chi connectivity index (χ1) is 18.8. The largest absolute Gasteiger partial charge is 0.487 e. The van der Waals surface area contributed by atoms with Crippen molar-refractivity contribution in [1.82, 2.24) is 15.5 Å². The summed E-state index contributed by atoms with van der Waals surface area (Å²) in [4.78, 5) is 28.0. The second kappa shape index (κ2) is 8.97. The van der Waals surface area contributed by atoms with E-state index in [1.54, 1.807) is 0 Å². The molecule has 10 heteroatoms. The van der Waals surface area contributed by atoms with Crippen molar-refractivity contribution in [2.24, 2.45) is 0 Å². The number of rotatable bonds is 1. The van der Waals surface area contributed by atoms with E-state index < -0.39 is 58.8 Å². The number of benzene rings is 2. The van der Waals surface area contributed by atoms with E-state index in [2.05, 4.69) is 10.6 Å². The van der Waals surface area contributed by atoms with Crippen molar-refractivity contribution in [3.05, 3.63) is 64.0 Å². The molecule has 1 unspecified atom stereocenters. The molecule has 7 rings (SSSR count). The van der Waals surface area contributed by atoms with Crippen LogP contribution in [0.15, 0.2) is 30.3 Å². The molecule has 40 heavy (non-hydrogen) atoms. The highest BCUT2D eigenvalue weighted by atomic mass is 19.3. The maximum atomic E-state index is 15.3. The van der Waals surface area contributed by atoms with Crippen molar-refractivity contribution in [2.75, 3.05) is 0 Å². The van der Waals surface area contributed by atoms with Gasteiger partial charge in [0.2, 0.25) is 5.91 Å². The van der Waals surface area contributed by atoms with Gasteiger partial charge >= 0.3 is 0 Å². The zero-order valence-corrected chi connectivity index (χ0v) is 22.8. The van der Waals surface area contributed by atoms with E-state index in [0.29, 0.717) is 31.4 Å². The molecule has 2 amide bonds.